The number of rotatable bonds is 10. The Labute approximate surface area is 208 Å². The molecule has 5 aliphatic rings. The van der Waals surface area contributed by atoms with Crippen LogP contribution in [-0.4, -0.2) is 25.3 Å². The standard InChI is InChI=1S/C30H46BNO2/c1-3-5-17-27(12-4-2)34-20-28(33)32-30-21-29(22-30,23-30)24-13-11-16-26(19-18-24)31-25-14-9-7-6-8-10-15-25/h3-5,12,17,24-26,31H,1-2,6-11,13-16,18-23H2,(H,32,33)/b17-5-,27-12+. The fraction of sp³-hybridized carbons (Fsp3) is 0.700. The Morgan fingerprint density at radius 1 is 0.882 bits per heavy atom. The summed E-state index contributed by atoms with van der Waals surface area (Å²) in [6.07, 6.45) is 29.8. The minimum Gasteiger partial charge on any atom is -0.484 e. The zero-order valence-corrected chi connectivity index (χ0v) is 21.4. The van der Waals surface area contributed by atoms with E-state index in [2.05, 4.69) is 18.5 Å². The number of allylic oxidation sites excluding steroid dienone is 5. The van der Waals surface area contributed by atoms with Crippen LogP contribution in [-0.2, 0) is 9.53 Å². The molecule has 0 saturated heterocycles. The number of nitrogens with one attached hydrogen (secondary N) is 1. The fourth-order valence-electron chi connectivity index (χ4n) is 7.82. The van der Waals surface area contributed by atoms with Crippen LogP contribution >= 0.6 is 0 Å². The lowest BCUT2D eigenvalue weighted by Gasteiger charge is -2.73. The molecule has 3 nitrogen and oxygen atoms in total. The van der Waals surface area contributed by atoms with Crippen LogP contribution in [0.2, 0.25) is 11.6 Å². The lowest BCUT2D eigenvalue weighted by Crippen LogP contribution is -2.76. The molecule has 34 heavy (non-hydrogen) atoms. The number of ether oxygens (including phenoxy) is 1. The van der Waals surface area contributed by atoms with Gasteiger partial charge in [-0.05, 0) is 49.2 Å². The minimum atomic E-state index is -0.00426. The maximum absolute atomic E-state index is 12.5. The number of amides is 1. The Balaban J connectivity index is 1.18. The van der Waals surface area contributed by atoms with Crippen molar-refractivity contribution in [3.8, 4) is 0 Å². The van der Waals surface area contributed by atoms with Crippen molar-refractivity contribution in [2.75, 3.05) is 6.61 Å². The third kappa shape index (κ3) is 6.29. The van der Waals surface area contributed by atoms with Crippen LogP contribution in [0.4, 0.5) is 0 Å². The molecule has 0 spiro atoms. The van der Waals surface area contributed by atoms with Crippen molar-refractivity contribution in [1.29, 1.82) is 0 Å². The molecule has 4 heteroatoms. The summed E-state index contributed by atoms with van der Waals surface area (Å²) >= 11 is 0. The highest BCUT2D eigenvalue weighted by molar-refractivity contribution is 6.39. The van der Waals surface area contributed by atoms with Gasteiger partial charge in [0, 0.05) is 5.54 Å². The van der Waals surface area contributed by atoms with Crippen molar-refractivity contribution in [3.63, 3.8) is 0 Å². The van der Waals surface area contributed by atoms with Crippen LogP contribution in [0.3, 0.4) is 0 Å². The topological polar surface area (TPSA) is 38.3 Å². The van der Waals surface area contributed by atoms with Gasteiger partial charge in [0.25, 0.3) is 5.91 Å². The highest BCUT2D eigenvalue weighted by atomic mass is 16.5. The molecule has 2 atom stereocenters. The minimum absolute atomic E-state index is 0.00426. The molecule has 0 aromatic carbocycles. The normalized spacial score (nSPS) is 34.5. The third-order valence-corrected chi connectivity index (χ3v) is 9.37. The molecule has 5 rings (SSSR count). The quantitative estimate of drug-likeness (QED) is 0.161. The number of carbonyl (C=O) groups is 1. The highest BCUT2D eigenvalue weighted by Gasteiger charge is 2.70. The molecular formula is C30H46BNO2. The van der Waals surface area contributed by atoms with E-state index in [1.807, 2.05) is 0 Å². The Kier molecular flexibility index (Phi) is 8.83. The molecule has 186 valence electrons. The average Bonchev–Trinajstić information content (AvgIpc) is 2.99. The van der Waals surface area contributed by atoms with E-state index in [1.165, 1.54) is 104 Å². The molecule has 2 bridgehead atoms. The Morgan fingerprint density at radius 3 is 2.26 bits per heavy atom. The number of hydrogen-bond donors (Lipinski definition) is 1. The molecule has 5 fully saturated rings. The lowest BCUT2D eigenvalue weighted by atomic mass is 9.35. The summed E-state index contributed by atoms with van der Waals surface area (Å²) in [6, 6.07) is 0. The average molecular weight is 464 g/mol. The van der Waals surface area contributed by atoms with Crippen molar-refractivity contribution >= 4 is 13.2 Å². The van der Waals surface area contributed by atoms with Gasteiger partial charge in [-0.15, -0.1) is 0 Å². The molecule has 1 amide bonds. The van der Waals surface area contributed by atoms with Crippen LogP contribution in [0, 0.1) is 11.3 Å². The Bertz CT molecular complexity index is 757. The lowest BCUT2D eigenvalue weighted by molar-refractivity contribution is -0.197. The van der Waals surface area contributed by atoms with Gasteiger partial charge in [-0.3, -0.25) is 4.79 Å². The van der Waals surface area contributed by atoms with E-state index < -0.39 is 0 Å². The largest absolute Gasteiger partial charge is 0.484 e. The third-order valence-electron chi connectivity index (χ3n) is 9.37. The van der Waals surface area contributed by atoms with Crippen molar-refractivity contribution in [3.05, 3.63) is 49.3 Å². The van der Waals surface area contributed by atoms with Gasteiger partial charge < -0.3 is 10.1 Å². The predicted octanol–water partition coefficient (Wildman–Crippen LogP) is 7.19. The van der Waals surface area contributed by atoms with Gasteiger partial charge in [-0.25, -0.2) is 0 Å². The molecule has 5 aliphatic carbocycles. The van der Waals surface area contributed by atoms with Gasteiger partial charge in [-0.2, -0.15) is 0 Å². The first-order chi connectivity index (χ1) is 16.6. The molecule has 0 heterocycles. The van der Waals surface area contributed by atoms with Crippen molar-refractivity contribution in [2.24, 2.45) is 11.3 Å². The van der Waals surface area contributed by atoms with Crippen molar-refractivity contribution in [2.45, 2.75) is 113 Å². The van der Waals surface area contributed by atoms with Crippen LogP contribution in [0.25, 0.3) is 0 Å². The SMILES string of the molecule is C=C/C=C\C(=C/C=C)OCC(=O)NC12CC(C3CCCC(BC4CCCCCCC4)CC3)(C1)C2. The summed E-state index contributed by atoms with van der Waals surface area (Å²) in [5.41, 5.74) is 0.591. The summed E-state index contributed by atoms with van der Waals surface area (Å²) in [7, 11) is 1.50. The molecule has 0 radical (unpaired) electrons. The summed E-state index contributed by atoms with van der Waals surface area (Å²) in [5, 5.41) is 3.30. The van der Waals surface area contributed by atoms with E-state index in [0.29, 0.717) is 11.2 Å². The van der Waals surface area contributed by atoms with Gasteiger partial charge in [0.1, 0.15) is 13.0 Å². The van der Waals surface area contributed by atoms with Gasteiger partial charge in [-0.1, -0.05) is 114 Å². The molecule has 0 aliphatic heterocycles. The Hall–Kier alpha value is -1.71. The number of carbonyl (C=O) groups excluding carboxylic acids is 1. The van der Waals surface area contributed by atoms with Crippen molar-refractivity contribution < 1.29 is 9.53 Å². The van der Waals surface area contributed by atoms with E-state index in [9.17, 15) is 4.79 Å². The summed E-state index contributed by atoms with van der Waals surface area (Å²) in [4.78, 5) is 12.5. The van der Waals surface area contributed by atoms with Gasteiger partial charge in [0.05, 0.1) is 0 Å². The van der Waals surface area contributed by atoms with E-state index in [0.717, 1.165) is 17.6 Å². The number of hydrogen-bond acceptors (Lipinski definition) is 2. The molecule has 0 aromatic heterocycles. The van der Waals surface area contributed by atoms with Gasteiger partial charge in [0.2, 0.25) is 0 Å². The maximum atomic E-state index is 12.5. The molecule has 2 unspecified atom stereocenters. The van der Waals surface area contributed by atoms with Gasteiger partial charge >= 0.3 is 0 Å². The second-order valence-corrected chi connectivity index (χ2v) is 11.9. The predicted molar refractivity (Wildman–Crippen MR) is 144 cm³/mol. The molecule has 5 saturated carbocycles. The zero-order valence-electron chi connectivity index (χ0n) is 21.4. The summed E-state index contributed by atoms with van der Waals surface area (Å²) < 4.78 is 5.67. The maximum Gasteiger partial charge on any atom is 0.258 e. The first-order valence-electron chi connectivity index (χ1n) is 14.1. The van der Waals surface area contributed by atoms with E-state index in [4.69, 9.17) is 4.74 Å². The van der Waals surface area contributed by atoms with Gasteiger partial charge in [0.15, 0.2) is 6.61 Å². The summed E-state index contributed by atoms with van der Waals surface area (Å²) in [6.45, 7) is 7.44. The van der Waals surface area contributed by atoms with E-state index >= 15 is 0 Å². The monoisotopic (exact) mass is 463 g/mol. The van der Waals surface area contributed by atoms with E-state index in [-0.39, 0.29) is 18.1 Å². The smallest absolute Gasteiger partial charge is 0.258 e. The van der Waals surface area contributed by atoms with Crippen LogP contribution < -0.4 is 5.32 Å². The zero-order chi connectivity index (χ0) is 23.9. The first kappa shape index (κ1) is 25.4. The second kappa shape index (κ2) is 11.8. The highest BCUT2D eigenvalue weighted by Crippen LogP contribution is 2.72. The molecular weight excluding hydrogens is 417 g/mol. The van der Waals surface area contributed by atoms with Crippen LogP contribution in [0.1, 0.15) is 96.3 Å². The summed E-state index contributed by atoms with van der Waals surface area (Å²) in [5.74, 6) is 3.49. The fourth-order valence-corrected chi connectivity index (χ4v) is 7.82. The van der Waals surface area contributed by atoms with Crippen LogP contribution in [0.15, 0.2) is 49.3 Å². The second-order valence-electron chi connectivity index (χ2n) is 11.9. The van der Waals surface area contributed by atoms with E-state index in [1.54, 1.807) is 30.4 Å². The Morgan fingerprint density at radius 2 is 1.56 bits per heavy atom. The first-order valence-corrected chi connectivity index (χ1v) is 14.1. The molecule has 1 N–H and O–H groups in total. The van der Waals surface area contributed by atoms with Crippen molar-refractivity contribution in [1.82, 2.24) is 5.32 Å². The molecule has 0 aromatic rings. The van der Waals surface area contributed by atoms with Crippen LogP contribution in [0.5, 0.6) is 0 Å².